The first-order valence-electron chi connectivity index (χ1n) is 6.73. The van der Waals surface area contributed by atoms with Crippen LogP contribution in [-0.4, -0.2) is 25.0 Å². The molecule has 102 valence electrons. The first-order chi connectivity index (χ1) is 9.20. The molecule has 1 aromatic rings. The highest BCUT2D eigenvalue weighted by molar-refractivity contribution is 5.76. The molecule has 0 N–H and O–H groups in total. The van der Waals surface area contributed by atoms with Gasteiger partial charge in [0.15, 0.2) is 0 Å². The molecule has 1 aliphatic rings. The van der Waals surface area contributed by atoms with Crippen molar-refractivity contribution in [3.05, 3.63) is 42.0 Å². The Balaban J connectivity index is 1.94. The molecule has 1 aromatic carbocycles. The maximum Gasteiger partial charge on any atom is 0.223 e. The third-order valence-electron chi connectivity index (χ3n) is 3.57. The van der Waals surface area contributed by atoms with Gasteiger partial charge in [0.2, 0.25) is 5.91 Å². The van der Waals surface area contributed by atoms with Crippen molar-refractivity contribution in [1.82, 2.24) is 4.90 Å². The topological polar surface area (TPSA) is 29.5 Å². The maximum absolute atomic E-state index is 12.2. The molecule has 0 aliphatic heterocycles. The minimum Gasteiger partial charge on any atom is -0.496 e. The van der Waals surface area contributed by atoms with E-state index in [1.54, 1.807) is 12.0 Å². The zero-order chi connectivity index (χ0) is 13.7. The molecular weight excluding hydrogens is 238 g/mol. The molecule has 0 saturated carbocycles. The second-order valence-electron chi connectivity index (χ2n) is 5.03. The molecule has 0 heterocycles. The highest BCUT2D eigenvalue weighted by Gasteiger charge is 2.17. The van der Waals surface area contributed by atoms with E-state index < -0.39 is 0 Å². The van der Waals surface area contributed by atoms with Crippen LogP contribution in [0.15, 0.2) is 36.4 Å². The molecule has 1 aliphatic carbocycles. The molecule has 1 atom stereocenters. The number of amides is 1. The Morgan fingerprint density at radius 2 is 2.21 bits per heavy atom. The molecular formula is C16H21NO2. The summed E-state index contributed by atoms with van der Waals surface area (Å²) < 4.78 is 5.31. The summed E-state index contributed by atoms with van der Waals surface area (Å²) >= 11 is 0. The van der Waals surface area contributed by atoms with Gasteiger partial charge in [-0.15, -0.1) is 0 Å². The zero-order valence-electron chi connectivity index (χ0n) is 11.6. The summed E-state index contributed by atoms with van der Waals surface area (Å²) in [5.41, 5.74) is 1.04. The van der Waals surface area contributed by atoms with Gasteiger partial charge in [-0.2, -0.15) is 0 Å². The molecule has 0 radical (unpaired) electrons. The fourth-order valence-corrected chi connectivity index (χ4v) is 2.42. The Labute approximate surface area is 114 Å². The van der Waals surface area contributed by atoms with Gasteiger partial charge in [0.05, 0.1) is 7.11 Å². The summed E-state index contributed by atoms with van der Waals surface area (Å²) in [5.74, 6) is 1.46. The minimum absolute atomic E-state index is 0.197. The lowest BCUT2D eigenvalue weighted by atomic mass is 10.0. The molecule has 0 bridgehead atoms. The smallest absolute Gasteiger partial charge is 0.223 e. The normalized spacial score (nSPS) is 17.5. The Bertz CT molecular complexity index is 468. The van der Waals surface area contributed by atoms with Gasteiger partial charge in [-0.1, -0.05) is 30.4 Å². The van der Waals surface area contributed by atoms with Crippen LogP contribution in [0.1, 0.15) is 24.8 Å². The van der Waals surface area contributed by atoms with Gasteiger partial charge in [0.1, 0.15) is 5.75 Å². The number of hydrogen-bond acceptors (Lipinski definition) is 2. The van der Waals surface area contributed by atoms with Crippen LogP contribution >= 0.6 is 0 Å². The highest BCUT2D eigenvalue weighted by Crippen LogP contribution is 2.23. The number of carbonyl (C=O) groups is 1. The molecule has 19 heavy (non-hydrogen) atoms. The number of hydrogen-bond donors (Lipinski definition) is 0. The van der Waals surface area contributed by atoms with Crippen LogP contribution in [0.4, 0.5) is 0 Å². The van der Waals surface area contributed by atoms with E-state index >= 15 is 0 Å². The van der Waals surface area contributed by atoms with Crippen molar-refractivity contribution < 1.29 is 9.53 Å². The summed E-state index contributed by atoms with van der Waals surface area (Å²) in [6.45, 7) is 0.597. The molecule has 0 unspecified atom stereocenters. The molecule has 2 rings (SSSR count). The maximum atomic E-state index is 12.2. The monoisotopic (exact) mass is 259 g/mol. The third-order valence-corrected chi connectivity index (χ3v) is 3.57. The van der Waals surface area contributed by atoms with Crippen molar-refractivity contribution in [3.63, 3.8) is 0 Å². The summed E-state index contributed by atoms with van der Waals surface area (Å²) in [7, 11) is 3.51. The van der Waals surface area contributed by atoms with Crippen molar-refractivity contribution in [2.75, 3.05) is 14.2 Å². The van der Waals surface area contributed by atoms with Gasteiger partial charge in [0, 0.05) is 25.6 Å². The average molecular weight is 259 g/mol. The van der Waals surface area contributed by atoms with E-state index in [9.17, 15) is 4.79 Å². The van der Waals surface area contributed by atoms with Crippen molar-refractivity contribution in [1.29, 1.82) is 0 Å². The lowest BCUT2D eigenvalue weighted by Gasteiger charge is -2.20. The van der Waals surface area contributed by atoms with E-state index in [0.717, 1.165) is 24.2 Å². The number of rotatable bonds is 5. The van der Waals surface area contributed by atoms with Crippen LogP contribution < -0.4 is 4.74 Å². The third kappa shape index (κ3) is 3.60. The van der Waals surface area contributed by atoms with Crippen molar-refractivity contribution in [2.24, 2.45) is 5.92 Å². The van der Waals surface area contributed by atoms with Crippen LogP contribution in [0, 0.1) is 5.92 Å². The number of carbonyl (C=O) groups excluding carboxylic acids is 1. The largest absolute Gasteiger partial charge is 0.496 e. The predicted octanol–water partition coefficient (Wildman–Crippen LogP) is 3.01. The second kappa shape index (κ2) is 6.41. The lowest BCUT2D eigenvalue weighted by Crippen LogP contribution is -2.27. The van der Waals surface area contributed by atoms with Gasteiger partial charge < -0.3 is 9.64 Å². The molecule has 0 fully saturated rings. The van der Waals surface area contributed by atoms with Crippen LogP contribution in [0.2, 0.25) is 0 Å². The Morgan fingerprint density at radius 1 is 1.42 bits per heavy atom. The summed E-state index contributed by atoms with van der Waals surface area (Å²) in [6.07, 6.45) is 7.15. The quantitative estimate of drug-likeness (QED) is 0.761. The summed E-state index contributed by atoms with van der Waals surface area (Å²) in [4.78, 5) is 13.9. The molecule has 3 nitrogen and oxygen atoms in total. The fourth-order valence-electron chi connectivity index (χ4n) is 2.42. The Kier molecular flexibility index (Phi) is 4.61. The standard InChI is InChI=1S/C16H21NO2/c1-17(16(18)11-13-7-3-4-8-13)12-14-9-5-6-10-15(14)19-2/h3,5-7,9-10,13H,4,8,11-12H2,1-2H3/t13-/m1/s1. The summed E-state index contributed by atoms with van der Waals surface area (Å²) in [5, 5.41) is 0. The van der Waals surface area contributed by atoms with Crippen LogP contribution in [0.25, 0.3) is 0 Å². The predicted molar refractivity (Wildman–Crippen MR) is 75.9 cm³/mol. The van der Waals surface area contributed by atoms with E-state index in [0.29, 0.717) is 18.9 Å². The van der Waals surface area contributed by atoms with E-state index in [1.807, 2.05) is 31.3 Å². The van der Waals surface area contributed by atoms with Gasteiger partial charge >= 0.3 is 0 Å². The number of para-hydroxylation sites is 1. The lowest BCUT2D eigenvalue weighted by molar-refractivity contribution is -0.131. The van der Waals surface area contributed by atoms with Crippen LogP contribution in [0.5, 0.6) is 5.75 Å². The van der Waals surface area contributed by atoms with E-state index in [1.165, 1.54) is 0 Å². The van der Waals surface area contributed by atoms with E-state index in [-0.39, 0.29) is 5.91 Å². The van der Waals surface area contributed by atoms with Crippen molar-refractivity contribution >= 4 is 5.91 Å². The Hall–Kier alpha value is -1.77. The molecule has 0 spiro atoms. The molecule has 0 saturated heterocycles. The minimum atomic E-state index is 0.197. The van der Waals surface area contributed by atoms with Crippen LogP contribution in [-0.2, 0) is 11.3 Å². The molecule has 3 heteroatoms. The van der Waals surface area contributed by atoms with Gasteiger partial charge in [0.25, 0.3) is 0 Å². The molecule has 0 aromatic heterocycles. The van der Waals surface area contributed by atoms with Crippen LogP contribution in [0.3, 0.4) is 0 Å². The number of methoxy groups -OCH3 is 1. The van der Waals surface area contributed by atoms with Crippen molar-refractivity contribution in [3.8, 4) is 5.75 Å². The zero-order valence-corrected chi connectivity index (χ0v) is 11.6. The number of nitrogens with zero attached hydrogens (tertiary/aromatic N) is 1. The number of allylic oxidation sites excluding steroid dienone is 2. The molecule has 1 amide bonds. The van der Waals surface area contributed by atoms with E-state index in [2.05, 4.69) is 12.2 Å². The first kappa shape index (κ1) is 13.7. The Morgan fingerprint density at radius 3 is 2.89 bits per heavy atom. The second-order valence-corrected chi connectivity index (χ2v) is 5.03. The SMILES string of the molecule is COc1ccccc1CN(C)C(=O)C[C@@H]1C=CCC1. The summed E-state index contributed by atoms with van der Waals surface area (Å²) in [6, 6.07) is 7.83. The number of ether oxygens (including phenoxy) is 1. The van der Waals surface area contributed by atoms with E-state index in [4.69, 9.17) is 4.74 Å². The van der Waals surface area contributed by atoms with Gasteiger partial charge in [-0.05, 0) is 24.8 Å². The first-order valence-corrected chi connectivity index (χ1v) is 6.73. The fraction of sp³-hybridized carbons (Fsp3) is 0.438. The highest BCUT2D eigenvalue weighted by atomic mass is 16.5. The number of benzene rings is 1. The average Bonchev–Trinajstić information content (AvgIpc) is 2.92. The van der Waals surface area contributed by atoms with Gasteiger partial charge in [-0.25, -0.2) is 0 Å². The van der Waals surface area contributed by atoms with Gasteiger partial charge in [-0.3, -0.25) is 4.79 Å². The van der Waals surface area contributed by atoms with Crippen molar-refractivity contribution in [2.45, 2.75) is 25.8 Å².